The minimum absolute atomic E-state index is 0.00713. The van der Waals surface area contributed by atoms with E-state index in [2.05, 4.69) is 9.97 Å². The van der Waals surface area contributed by atoms with Crippen LogP contribution in [0.2, 0.25) is 0 Å². The Morgan fingerprint density at radius 3 is 2.45 bits per heavy atom. The number of ketones is 1. The molecule has 4 aromatic rings. The third-order valence-corrected chi connectivity index (χ3v) is 4.74. The van der Waals surface area contributed by atoms with E-state index in [9.17, 15) is 4.79 Å². The number of Topliss-reactive ketones (excluding diaryl/α,β-unsaturated/α-hetero) is 1. The molecule has 1 heterocycles. The van der Waals surface area contributed by atoms with Gasteiger partial charge in [0.15, 0.2) is 17.3 Å². The minimum Gasteiger partial charge on any atom is -0.493 e. The SMILES string of the molecule is COc1ccc(C(=O)Cc2cccc(-c3cnc4ccccc4n3)c2)cc1OC. The average molecular weight is 384 g/mol. The van der Waals surface area contributed by atoms with Gasteiger partial charge in [-0.15, -0.1) is 0 Å². The molecule has 0 aliphatic heterocycles. The molecule has 144 valence electrons. The second kappa shape index (κ2) is 8.10. The van der Waals surface area contributed by atoms with Gasteiger partial charge in [-0.25, -0.2) is 4.98 Å². The third kappa shape index (κ3) is 3.94. The Morgan fingerprint density at radius 2 is 1.66 bits per heavy atom. The standard InChI is InChI=1S/C24H20N2O3/c1-28-23-11-10-18(14-24(23)29-2)22(27)13-16-6-5-7-17(12-16)21-15-25-19-8-3-4-9-20(19)26-21/h3-12,14-15H,13H2,1-2H3. The van der Waals surface area contributed by atoms with Crippen LogP contribution >= 0.6 is 0 Å². The van der Waals surface area contributed by atoms with Crippen molar-refractivity contribution >= 4 is 16.8 Å². The summed E-state index contributed by atoms with van der Waals surface area (Å²) in [6.45, 7) is 0. The Kier molecular flexibility index (Phi) is 5.20. The van der Waals surface area contributed by atoms with E-state index >= 15 is 0 Å². The number of fused-ring (bicyclic) bond motifs is 1. The lowest BCUT2D eigenvalue weighted by Crippen LogP contribution is -2.04. The number of aromatic nitrogens is 2. The van der Waals surface area contributed by atoms with Crippen LogP contribution in [0, 0.1) is 0 Å². The Morgan fingerprint density at radius 1 is 0.862 bits per heavy atom. The van der Waals surface area contributed by atoms with Gasteiger partial charge in [-0.2, -0.15) is 0 Å². The fraction of sp³-hybridized carbons (Fsp3) is 0.125. The normalized spacial score (nSPS) is 10.7. The number of hydrogen-bond donors (Lipinski definition) is 0. The first-order valence-electron chi connectivity index (χ1n) is 9.24. The molecule has 5 heteroatoms. The van der Waals surface area contributed by atoms with E-state index in [1.807, 2.05) is 48.5 Å². The van der Waals surface area contributed by atoms with Gasteiger partial charge in [-0.3, -0.25) is 9.78 Å². The molecule has 0 fully saturated rings. The van der Waals surface area contributed by atoms with Gasteiger partial charge in [0.05, 0.1) is 37.1 Å². The summed E-state index contributed by atoms with van der Waals surface area (Å²) in [5.74, 6) is 1.15. The molecule has 0 aliphatic carbocycles. The highest BCUT2D eigenvalue weighted by atomic mass is 16.5. The fourth-order valence-electron chi connectivity index (χ4n) is 3.23. The quantitative estimate of drug-likeness (QED) is 0.449. The maximum absolute atomic E-state index is 12.8. The van der Waals surface area contributed by atoms with Crippen LogP contribution in [-0.2, 0) is 6.42 Å². The summed E-state index contributed by atoms with van der Waals surface area (Å²) >= 11 is 0. The molecule has 3 aromatic carbocycles. The molecule has 0 amide bonds. The lowest BCUT2D eigenvalue weighted by atomic mass is 10.00. The van der Waals surface area contributed by atoms with Crippen molar-refractivity contribution in [2.75, 3.05) is 14.2 Å². The van der Waals surface area contributed by atoms with Crippen molar-refractivity contribution in [2.45, 2.75) is 6.42 Å². The van der Waals surface area contributed by atoms with Crippen LogP contribution in [-0.4, -0.2) is 30.0 Å². The van der Waals surface area contributed by atoms with Gasteiger partial charge in [0.2, 0.25) is 0 Å². The summed E-state index contributed by atoms with van der Waals surface area (Å²) in [6.07, 6.45) is 2.04. The van der Waals surface area contributed by atoms with Crippen LogP contribution in [0.4, 0.5) is 0 Å². The number of rotatable bonds is 6. The second-order valence-electron chi connectivity index (χ2n) is 6.61. The van der Waals surface area contributed by atoms with Crippen LogP contribution in [0.15, 0.2) is 72.9 Å². The highest BCUT2D eigenvalue weighted by Crippen LogP contribution is 2.28. The van der Waals surface area contributed by atoms with E-state index in [-0.39, 0.29) is 12.2 Å². The molecule has 0 radical (unpaired) electrons. The number of methoxy groups -OCH3 is 2. The number of carbonyl (C=O) groups excluding carboxylic acids is 1. The van der Waals surface area contributed by atoms with Gasteiger partial charge in [0, 0.05) is 17.5 Å². The molecule has 0 saturated carbocycles. The van der Waals surface area contributed by atoms with Crippen molar-refractivity contribution in [1.82, 2.24) is 9.97 Å². The predicted octanol–water partition coefficient (Wildman–Crippen LogP) is 4.74. The number of benzene rings is 3. The van der Waals surface area contributed by atoms with Gasteiger partial charge in [-0.05, 0) is 42.0 Å². The maximum atomic E-state index is 12.8. The summed E-state index contributed by atoms with van der Waals surface area (Å²) in [4.78, 5) is 21.9. The average Bonchev–Trinajstić information content (AvgIpc) is 2.78. The molecular formula is C24H20N2O3. The van der Waals surface area contributed by atoms with E-state index < -0.39 is 0 Å². The topological polar surface area (TPSA) is 61.3 Å². The molecule has 1 aromatic heterocycles. The lowest BCUT2D eigenvalue weighted by Gasteiger charge is -2.09. The van der Waals surface area contributed by atoms with E-state index in [1.165, 1.54) is 0 Å². The number of hydrogen-bond acceptors (Lipinski definition) is 5. The van der Waals surface area contributed by atoms with E-state index in [0.29, 0.717) is 17.1 Å². The second-order valence-corrected chi connectivity index (χ2v) is 6.61. The van der Waals surface area contributed by atoms with E-state index in [0.717, 1.165) is 27.9 Å². The van der Waals surface area contributed by atoms with Crippen LogP contribution in [0.1, 0.15) is 15.9 Å². The first-order valence-corrected chi connectivity index (χ1v) is 9.24. The van der Waals surface area contributed by atoms with Gasteiger partial charge in [0.1, 0.15) is 0 Å². The smallest absolute Gasteiger partial charge is 0.167 e. The van der Waals surface area contributed by atoms with Crippen molar-refractivity contribution in [2.24, 2.45) is 0 Å². The summed E-state index contributed by atoms with van der Waals surface area (Å²) in [5.41, 5.74) is 4.91. The van der Waals surface area contributed by atoms with Crippen molar-refractivity contribution in [3.63, 3.8) is 0 Å². The Bertz CT molecular complexity index is 1190. The van der Waals surface area contributed by atoms with Gasteiger partial charge >= 0.3 is 0 Å². The number of ether oxygens (including phenoxy) is 2. The largest absolute Gasteiger partial charge is 0.493 e. The summed E-state index contributed by atoms with van der Waals surface area (Å²) in [6, 6.07) is 20.8. The summed E-state index contributed by atoms with van der Waals surface area (Å²) in [5, 5.41) is 0. The molecule has 0 N–H and O–H groups in total. The van der Waals surface area contributed by atoms with Crippen LogP contribution < -0.4 is 9.47 Å². The molecule has 0 atom stereocenters. The van der Waals surface area contributed by atoms with Crippen molar-refractivity contribution in [1.29, 1.82) is 0 Å². The van der Waals surface area contributed by atoms with Crippen LogP contribution in [0.3, 0.4) is 0 Å². The number of nitrogens with zero attached hydrogens (tertiary/aromatic N) is 2. The molecule has 0 unspecified atom stereocenters. The molecule has 0 spiro atoms. The van der Waals surface area contributed by atoms with Crippen LogP contribution in [0.25, 0.3) is 22.3 Å². The number of carbonyl (C=O) groups is 1. The maximum Gasteiger partial charge on any atom is 0.167 e. The number of para-hydroxylation sites is 2. The first-order chi connectivity index (χ1) is 14.2. The van der Waals surface area contributed by atoms with Gasteiger partial charge in [0.25, 0.3) is 0 Å². The Hall–Kier alpha value is -3.73. The monoisotopic (exact) mass is 384 g/mol. The molecule has 0 bridgehead atoms. The lowest BCUT2D eigenvalue weighted by molar-refractivity contribution is 0.0992. The molecule has 0 saturated heterocycles. The predicted molar refractivity (Wildman–Crippen MR) is 113 cm³/mol. The van der Waals surface area contributed by atoms with Gasteiger partial charge < -0.3 is 9.47 Å². The minimum atomic E-state index is 0.00713. The Balaban J connectivity index is 1.59. The van der Waals surface area contributed by atoms with Gasteiger partial charge in [-0.1, -0.05) is 30.3 Å². The Labute approximate surface area is 169 Å². The highest BCUT2D eigenvalue weighted by Gasteiger charge is 2.12. The molecular weight excluding hydrogens is 364 g/mol. The zero-order valence-electron chi connectivity index (χ0n) is 16.3. The fourth-order valence-corrected chi connectivity index (χ4v) is 3.23. The molecule has 5 nitrogen and oxygen atoms in total. The zero-order chi connectivity index (χ0) is 20.2. The molecule has 29 heavy (non-hydrogen) atoms. The van der Waals surface area contributed by atoms with Crippen molar-refractivity contribution in [3.05, 3.63) is 84.1 Å². The molecule has 0 aliphatic rings. The summed E-state index contributed by atoms with van der Waals surface area (Å²) < 4.78 is 10.5. The third-order valence-electron chi connectivity index (χ3n) is 4.74. The first kappa shape index (κ1) is 18.6. The van der Waals surface area contributed by atoms with E-state index in [1.54, 1.807) is 38.6 Å². The zero-order valence-corrected chi connectivity index (χ0v) is 16.3. The molecule has 4 rings (SSSR count). The highest BCUT2D eigenvalue weighted by molar-refractivity contribution is 5.98. The van der Waals surface area contributed by atoms with Crippen molar-refractivity contribution in [3.8, 4) is 22.8 Å². The van der Waals surface area contributed by atoms with Crippen molar-refractivity contribution < 1.29 is 14.3 Å². The van der Waals surface area contributed by atoms with E-state index in [4.69, 9.17) is 9.47 Å². The summed E-state index contributed by atoms with van der Waals surface area (Å²) in [7, 11) is 3.13. The van der Waals surface area contributed by atoms with Crippen LogP contribution in [0.5, 0.6) is 11.5 Å².